The van der Waals surface area contributed by atoms with Crippen LogP contribution in [-0.4, -0.2) is 33.1 Å². The fraction of sp³-hybridized carbons (Fsp3) is 0.417. The van der Waals surface area contributed by atoms with E-state index in [4.69, 9.17) is 0 Å². The van der Waals surface area contributed by atoms with Gasteiger partial charge in [0.1, 0.15) is 0 Å². The molecule has 1 aliphatic rings. The van der Waals surface area contributed by atoms with E-state index >= 15 is 0 Å². The van der Waals surface area contributed by atoms with Crippen LogP contribution in [0.2, 0.25) is 0 Å². The van der Waals surface area contributed by atoms with Crippen LogP contribution < -0.4 is 10.6 Å². The zero-order chi connectivity index (χ0) is 13.2. The number of carbonyl (C=O) groups is 1. The minimum absolute atomic E-state index is 0.143. The van der Waals surface area contributed by atoms with Crippen molar-refractivity contribution in [2.24, 2.45) is 0 Å². The van der Waals surface area contributed by atoms with Crippen LogP contribution in [0.1, 0.15) is 18.7 Å². The first-order valence-corrected chi connectivity index (χ1v) is 7.01. The van der Waals surface area contributed by atoms with Crippen LogP contribution >= 0.6 is 15.9 Å². The second-order valence-electron chi connectivity index (χ2n) is 4.62. The van der Waals surface area contributed by atoms with Gasteiger partial charge in [0.05, 0.1) is 6.54 Å². The first-order valence-electron chi connectivity index (χ1n) is 6.21. The first-order chi connectivity index (χ1) is 9.22. The smallest absolute Gasteiger partial charge is 0.220 e. The van der Waals surface area contributed by atoms with E-state index in [1.54, 1.807) is 0 Å². The summed E-state index contributed by atoms with van der Waals surface area (Å²) >= 11 is 3.41. The van der Waals surface area contributed by atoms with Gasteiger partial charge in [0.2, 0.25) is 5.91 Å². The van der Waals surface area contributed by atoms with Crippen molar-refractivity contribution in [3.63, 3.8) is 0 Å². The van der Waals surface area contributed by atoms with E-state index < -0.39 is 0 Å². The van der Waals surface area contributed by atoms with Gasteiger partial charge in [-0.15, -0.1) is 10.2 Å². The Bertz CT molecular complexity index is 611. The van der Waals surface area contributed by atoms with Crippen molar-refractivity contribution in [1.82, 2.24) is 25.2 Å². The second kappa shape index (κ2) is 5.26. The van der Waals surface area contributed by atoms with Gasteiger partial charge in [0.25, 0.3) is 0 Å². The number of rotatable bonds is 4. The highest BCUT2D eigenvalue weighted by molar-refractivity contribution is 9.10. The highest BCUT2D eigenvalue weighted by atomic mass is 79.9. The lowest BCUT2D eigenvalue weighted by Gasteiger charge is -2.10. The average molecular weight is 324 g/mol. The van der Waals surface area contributed by atoms with Crippen molar-refractivity contribution in [2.45, 2.75) is 25.4 Å². The molecule has 2 aromatic heterocycles. The van der Waals surface area contributed by atoms with E-state index in [0.717, 1.165) is 28.9 Å². The molecule has 1 saturated heterocycles. The monoisotopic (exact) mass is 323 g/mol. The SMILES string of the molecule is O=C1CC[C@@H](CNCc2nnc3cc(Br)ccn23)N1. The standard InChI is InChI=1S/C12H14BrN5O/c13-8-3-4-18-10(5-8)16-17-11(18)7-14-6-9-1-2-12(19)15-9/h3-5,9,14H,1-2,6-7H2,(H,15,19)/t9-/m0/s1. The molecule has 1 atom stereocenters. The number of hydrogen-bond donors (Lipinski definition) is 2. The molecule has 2 N–H and O–H groups in total. The molecule has 0 saturated carbocycles. The molecule has 6 nitrogen and oxygen atoms in total. The second-order valence-corrected chi connectivity index (χ2v) is 5.54. The van der Waals surface area contributed by atoms with Crippen LogP contribution in [0.15, 0.2) is 22.8 Å². The molecule has 0 radical (unpaired) electrons. The Morgan fingerprint density at radius 3 is 3.21 bits per heavy atom. The van der Waals surface area contributed by atoms with Gasteiger partial charge in [-0.25, -0.2) is 0 Å². The Labute approximate surface area is 118 Å². The number of pyridine rings is 1. The number of amides is 1. The van der Waals surface area contributed by atoms with Gasteiger partial charge in [-0.05, 0) is 18.6 Å². The highest BCUT2D eigenvalue weighted by Crippen LogP contribution is 2.12. The van der Waals surface area contributed by atoms with Crippen LogP contribution in [-0.2, 0) is 11.3 Å². The summed E-state index contributed by atoms with van der Waals surface area (Å²) in [5.41, 5.74) is 0.820. The molecule has 0 bridgehead atoms. The van der Waals surface area contributed by atoms with Crippen LogP contribution in [0, 0.1) is 0 Å². The molecule has 1 amide bonds. The van der Waals surface area contributed by atoms with Crippen molar-refractivity contribution in [3.8, 4) is 0 Å². The van der Waals surface area contributed by atoms with E-state index in [9.17, 15) is 4.79 Å². The molecule has 7 heteroatoms. The van der Waals surface area contributed by atoms with E-state index in [0.29, 0.717) is 13.0 Å². The normalized spacial score (nSPS) is 19.0. The predicted molar refractivity (Wildman–Crippen MR) is 73.6 cm³/mol. The van der Waals surface area contributed by atoms with E-state index in [1.165, 1.54) is 0 Å². The fourth-order valence-electron chi connectivity index (χ4n) is 2.22. The lowest BCUT2D eigenvalue weighted by Crippen LogP contribution is -2.35. The number of halogens is 1. The van der Waals surface area contributed by atoms with Gasteiger partial charge in [0.15, 0.2) is 11.5 Å². The summed E-state index contributed by atoms with van der Waals surface area (Å²) in [4.78, 5) is 11.1. The van der Waals surface area contributed by atoms with Crippen LogP contribution in [0.5, 0.6) is 0 Å². The number of nitrogens with one attached hydrogen (secondary N) is 2. The summed E-state index contributed by atoms with van der Waals surface area (Å²) in [5.74, 6) is 1.01. The topological polar surface area (TPSA) is 71.3 Å². The molecule has 1 aliphatic heterocycles. The summed E-state index contributed by atoms with van der Waals surface area (Å²) < 4.78 is 2.94. The van der Waals surface area contributed by atoms with E-state index in [-0.39, 0.29) is 11.9 Å². The lowest BCUT2D eigenvalue weighted by molar-refractivity contribution is -0.119. The third kappa shape index (κ3) is 2.76. The molecule has 3 heterocycles. The maximum Gasteiger partial charge on any atom is 0.220 e. The Morgan fingerprint density at radius 2 is 2.42 bits per heavy atom. The number of hydrogen-bond acceptors (Lipinski definition) is 4. The van der Waals surface area contributed by atoms with Gasteiger partial charge in [-0.1, -0.05) is 15.9 Å². The number of nitrogens with zero attached hydrogens (tertiary/aromatic N) is 3. The van der Waals surface area contributed by atoms with Crippen molar-refractivity contribution in [3.05, 3.63) is 28.6 Å². The third-order valence-electron chi connectivity index (χ3n) is 3.20. The molecule has 100 valence electrons. The Hall–Kier alpha value is -1.47. The molecule has 3 rings (SSSR count). The summed E-state index contributed by atoms with van der Waals surface area (Å²) in [6.45, 7) is 1.40. The van der Waals surface area contributed by atoms with Crippen molar-refractivity contribution < 1.29 is 4.79 Å². The maximum atomic E-state index is 11.1. The molecule has 0 aromatic carbocycles. The van der Waals surface area contributed by atoms with Crippen molar-refractivity contribution in [1.29, 1.82) is 0 Å². The maximum absolute atomic E-state index is 11.1. The molecule has 0 unspecified atom stereocenters. The van der Waals surface area contributed by atoms with Gasteiger partial charge in [-0.3, -0.25) is 9.20 Å². The van der Waals surface area contributed by atoms with Crippen LogP contribution in [0.25, 0.3) is 5.65 Å². The third-order valence-corrected chi connectivity index (χ3v) is 3.69. The van der Waals surface area contributed by atoms with Gasteiger partial charge in [-0.2, -0.15) is 0 Å². The quantitative estimate of drug-likeness (QED) is 0.875. The largest absolute Gasteiger partial charge is 0.352 e. The zero-order valence-electron chi connectivity index (χ0n) is 10.3. The number of aromatic nitrogens is 3. The highest BCUT2D eigenvalue weighted by Gasteiger charge is 2.20. The molecule has 19 heavy (non-hydrogen) atoms. The van der Waals surface area contributed by atoms with E-state index in [1.807, 2.05) is 22.7 Å². The molecule has 1 fully saturated rings. The minimum atomic E-state index is 0.143. The van der Waals surface area contributed by atoms with Gasteiger partial charge < -0.3 is 10.6 Å². The van der Waals surface area contributed by atoms with Gasteiger partial charge >= 0.3 is 0 Å². The summed E-state index contributed by atoms with van der Waals surface area (Å²) in [5, 5.41) is 14.5. The van der Waals surface area contributed by atoms with Crippen LogP contribution in [0.4, 0.5) is 0 Å². The summed E-state index contributed by atoms with van der Waals surface area (Å²) in [6, 6.07) is 4.12. The van der Waals surface area contributed by atoms with E-state index in [2.05, 4.69) is 36.8 Å². The minimum Gasteiger partial charge on any atom is -0.352 e. The Kier molecular flexibility index (Phi) is 3.48. The summed E-state index contributed by atoms with van der Waals surface area (Å²) in [7, 11) is 0. The number of carbonyl (C=O) groups excluding carboxylic acids is 1. The Balaban J connectivity index is 1.61. The molecule has 2 aromatic rings. The summed E-state index contributed by atoms with van der Waals surface area (Å²) in [6.07, 6.45) is 3.47. The fourth-order valence-corrected chi connectivity index (χ4v) is 2.55. The molecule has 0 aliphatic carbocycles. The molecular weight excluding hydrogens is 310 g/mol. The lowest BCUT2D eigenvalue weighted by atomic mass is 10.2. The Morgan fingerprint density at radius 1 is 1.53 bits per heavy atom. The first kappa shape index (κ1) is 12.6. The molecular formula is C12H14BrN5O. The average Bonchev–Trinajstić information content (AvgIpc) is 2.96. The van der Waals surface area contributed by atoms with Crippen molar-refractivity contribution >= 4 is 27.5 Å². The van der Waals surface area contributed by atoms with Gasteiger partial charge in [0, 0.05) is 29.7 Å². The van der Waals surface area contributed by atoms with Crippen LogP contribution in [0.3, 0.4) is 0 Å². The zero-order valence-corrected chi connectivity index (χ0v) is 11.9. The predicted octanol–water partition coefficient (Wildman–Crippen LogP) is 0.860. The molecule has 0 spiro atoms. The van der Waals surface area contributed by atoms with Crippen molar-refractivity contribution in [2.75, 3.05) is 6.54 Å². The number of fused-ring (bicyclic) bond motifs is 1.